The van der Waals surface area contributed by atoms with Crippen LogP contribution in [0.15, 0.2) is 60.7 Å². The van der Waals surface area contributed by atoms with Crippen LogP contribution in [0.1, 0.15) is 58.2 Å². The van der Waals surface area contributed by atoms with E-state index in [4.69, 9.17) is 4.74 Å². The number of nitrogens with one attached hydrogen (secondary N) is 2. The van der Waals surface area contributed by atoms with E-state index >= 15 is 0 Å². The van der Waals surface area contributed by atoms with Crippen LogP contribution in [0, 0.1) is 5.92 Å². The second-order valence-electron chi connectivity index (χ2n) is 8.28. The van der Waals surface area contributed by atoms with Crippen LogP contribution in [-0.4, -0.2) is 23.6 Å². The molecule has 2 rings (SSSR count). The normalized spacial score (nSPS) is 13.6. The Hall–Kier alpha value is -2.66. The maximum Gasteiger partial charge on any atom is 0.414 e. The Morgan fingerprint density at radius 1 is 0.931 bits per heavy atom. The monoisotopic (exact) mass is 396 g/mol. The number of benzene rings is 2. The summed E-state index contributed by atoms with van der Waals surface area (Å²) in [5, 5.41) is 5.88. The number of imide groups is 1. The molecule has 5 nitrogen and oxygen atoms in total. The van der Waals surface area contributed by atoms with Gasteiger partial charge in [0.2, 0.25) is 5.91 Å². The van der Waals surface area contributed by atoms with Gasteiger partial charge < -0.3 is 4.74 Å². The van der Waals surface area contributed by atoms with Crippen LogP contribution < -0.4 is 10.6 Å². The van der Waals surface area contributed by atoms with Crippen molar-refractivity contribution in [3.05, 3.63) is 71.8 Å². The van der Waals surface area contributed by atoms with Gasteiger partial charge in [-0.3, -0.25) is 15.4 Å². The summed E-state index contributed by atoms with van der Waals surface area (Å²) in [6, 6.07) is 19.2. The van der Waals surface area contributed by atoms with E-state index in [9.17, 15) is 9.59 Å². The molecule has 2 atom stereocenters. The fourth-order valence-electron chi connectivity index (χ4n) is 3.07. The quantitative estimate of drug-likeness (QED) is 0.703. The molecule has 0 bridgehead atoms. The zero-order valence-corrected chi connectivity index (χ0v) is 17.9. The molecule has 0 spiro atoms. The van der Waals surface area contributed by atoms with Crippen molar-refractivity contribution in [3.63, 3.8) is 0 Å². The van der Waals surface area contributed by atoms with Crippen LogP contribution >= 0.6 is 0 Å². The van der Waals surface area contributed by atoms with Crippen LogP contribution in [0.4, 0.5) is 4.79 Å². The number of amides is 2. The molecular formula is C24H32N2O3. The largest absolute Gasteiger partial charge is 0.444 e. The number of hydrogen-bond donors (Lipinski definition) is 2. The number of rotatable bonds is 7. The number of alkyl carbamates (subject to hydrolysis) is 1. The first-order valence-electron chi connectivity index (χ1n) is 10.1. The summed E-state index contributed by atoms with van der Waals surface area (Å²) in [5.74, 6) is -0.363. The predicted molar refractivity (Wildman–Crippen MR) is 115 cm³/mol. The Morgan fingerprint density at radius 3 is 1.83 bits per heavy atom. The van der Waals surface area contributed by atoms with Crippen molar-refractivity contribution in [2.45, 2.75) is 58.7 Å². The Morgan fingerprint density at radius 2 is 1.41 bits per heavy atom. The van der Waals surface area contributed by atoms with E-state index in [1.807, 2.05) is 74.5 Å². The molecule has 0 unspecified atom stereocenters. The lowest BCUT2D eigenvalue weighted by molar-refractivity contribution is -0.124. The van der Waals surface area contributed by atoms with Crippen molar-refractivity contribution < 1.29 is 14.3 Å². The highest BCUT2D eigenvalue weighted by Gasteiger charge is 2.30. The van der Waals surface area contributed by atoms with Crippen LogP contribution in [0.5, 0.6) is 0 Å². The first-order valence-corrected chi connectivity index (χ1v) is 10.1. The molecule has 0 aromatic heterocycles. The number of ether oxygens (including phenoxy) is 1. The highest BCUT2D eigenvalue weighted by molar-refractivity contribution is 5.95. The van der Waals surface area contributed by atoms with Crippen molar-refractivity contribution in [1.82, 2.24) is 10.6 Å². The van der Waals surface area contributed by atoms with Gasteiger partial charge in [0, 0.05) is 0 Å². The lowest BCUT2D eigenvalue weighted by Gasteiger charge is -2.29. The predicted octanol–water partition coefficient (Wildman–Crippen LogP) is 4.83. The molecular weight excluding hydrogens is 364 g/mol. The molecule has 0 radical (unpaired) electrons. The molecule has 2 amide bonds. The van der Waals surface area contributed by atoms with E-state index in [0.29, 0.717) is 0 Å². The van der Waals surface area contributed by atoms with Gasteiger partial charge >= 0.3 is 6.09 Å². The lowest BCUT2D eigenvalue weighted by atomic mass is 9.93. The van der Waals surface area contributed by atoms with Gasteiger partial charge in [-0.05, 0) is 37.8 Å². The maximum absolute atomic E-state index is 13.0. The van der Waals surface area contributed by atoms with E-state index in [2.05, 4.69) is 10.6 Å². The second-order valence-corrected chi connectivity index (χ2v) is 8.28. The molecule has 29 heavy (non-hydrogen) atoms. The minimum absolute atomic E-state index is 0.0207. The van der Waals surface area contributed by atoms with Crippen LogP contribution in [-0.2, 0) is 9.53 Å². The highest BCUT2D eigenvalue weighted by Crippen LogP contribution is 2.24. The lowest BCUT2D eigenvalue weighted by Crippen LogP contribution is -2.51. The Labute approximate surface area is 173 Å². The number of carbonyl (C=O) groups excluding carboxylic acids is 2. The molecule has 2 N–H and O–H groups in total. The van der Waals surface area contributed by atoms with Gasteiger partial charge in [-0.1, -0.05) is 80.9 Å². The first kappa shape index (κ1) is 22.6. The van der Waals surface area contributed by atoms with Gasteiger partial charge in [-0.15, -0.1) is 0 Å². The molecule has 0 fully saturated rings. The molecule has 0 heterocycles. The van der Waals surface area contributed by atoms with Crippen LogP contribution in [0.2, 0.25) is 0 Å². The average Bonchev–Trinajstić information content (AvgIpc) is 2.68. The van der Waals surface area contributed by atoms with Crippen molar-refractivity contribution >= 4 is 12.0 Å². The van der Waals surface area contributed by atoms with E-state index in [1.54, 1.807) is 20.8 Å². The SMILES string of the molecule is CC[C@@H](C)[C@H](NC(c1ccccc1)c1ccccc1)C(=O)NC(=O)OC(C)(C)C. The van der Waals surface area contributed by atoms with Gasteiger partial charge in [-0.25, -0.2) is 4.79 Å². The zero-order chi connectivity index (χ0) is 21.4. The topological polar surface area (TPSA) is 67.4 Å². The standard InChI is InChI=1S/C24H32N2O3/c1-6-17(2)20(22(27)26-23(28)29-24(3,4)5)25-21(18-13-9-7-10-14-18)19-15-11-8-12-16-19/h7-17,20-21,25H,6H2,1-5H3,(H,26,27,28)/t17-,20+/m1/s1. The Balaban J connectivity index is 2.27. The fourth-order valence-corrected chi connectivity index (χ4v) is 3.07. The zero-order valence-electron chi connectivity index (χ0n) is 17.9. The molecule has 0 saturated carbocycles. The third-order valence-electron chi connectivity index (χ3n) is 4.73. The number of carbonyl (C=O) groups is 2. The van der Waals surface area contributed by atoms with Gasteiger partial charge in [0.05, 0.1) is 12.1 Å². The van der Waals surface area contributed by atoms with Crippen molar-refractivity contribution in [2.75, 3.05) is 0 Å². The van der Waals surface area contributed by atoms with Gasteiger partial charge in [-0.2, -0.15) is 0 Å². The van der Waals surface area contributed by atoms with Crippen LogP contribution in [0.3, 0.4) is 0 Å². The molecule has 2 aromatic carbocycles. The minimum Gasteiger partial charge on any atom is -0.444 e. The summed E-state index contributed by atoms with van der Waals surface area (Å²) < 4.78 is 5.25. The molecule has 5 heteroatoms. The molecule has 156 valence electrons. The molecule has 0 aliphatic heterocycles. The van der Waals surface area contributed by atoms with E-state index < -0.39 is 17.7 Å². The summed E-state index contributed by atoms with van der Waals surface area (Å²) in [5.41, 5.74) is 1.44. The van der Waals surface area contributed by atoms with Crippen LogP contribution in [0.25, 0.3) is 0 Å². The van der Waals surface area contributed by atoms with Gasteiger partial charge in [0.25, 0.3) is 0 Å². The minimum atomic E-state index is -0.728. The summed E-state index contributed by atoms with van der Waals surface area (Å²) in [6.07, 6.45) is 0.0592. The summed E-state index contributed by atoms with van der Waals surface area (Å²) >= 11 is 0. The van der Waals surface area contributed by atoms with E-state index in [1.165, 1.54) is 0 Å². The summed E-state index contributed by atoms with van der Waals surface area (Å²) in [7, 11) is 0. The molecule has 2 aromatic rings. The summed E-state index contributed by atoms with van der Waals surface area (Å²) in [4.78, 5) is 25.1. The molecule has 0 aliphatic carbocycles. The third kappa shape index (κ3) is 7.02. The maximum atomic E-state index is 13.0. The second kappa shape index (κ2) is 10.2. The van der Waals surface area contributed by atoms with E-state index in [0.717, 1.165) is 17.5 Å². The molecule has 0 aliphatic rings. The average molecular weight is 397 g/mol. The third-order valence-corrected chi connectivity index (χ3v) is 4.73. The van der Waals surface area contributed by atoms with Crippen molar-refractivity contribution in [2.24, 2.45) is 5.92 Å². The fraction of sp³-hybridized carbons (Fsp3) is 0.417. The van der Waals surface area contributed by atoms with Crippen molar-refractivity contribution in [3.8, 4) is 0 Å². The number of hydrogen-bond acceptors (Lipinski definition) is 4. The Kier molecular flexibility index (Phi) is 7.97. The Bertz CT molecular complexity index is 745. The first-order chi connectivity index (χ1) is 13.7. The van der Waals surface area contributed by atoms with Crippen molar-refractivity contribution in [1.29, 1.82) is 0 Å². The summed E-state index contributed by atoms with van der Waals surface area (Å²) in [6.45, 7) is 9.33. The highest BCUT2D eigenvalue weighted by atomic mass is 16.6. The smallest absolute Gasteiger partial charge is 0.414 e. The van der Waals surface area contributed by atoms with E-state index in [-0.39, 0.29) is 17.9 Å². The van der Waals surface area contributed by atoms with Gasteiger partial charge in [0.1, 0.15) is 5.60 Å². The van der Waals surface area contributed by atoms with Gasteiger partial charge in [0.15, 0.2) is 0 Å². The molecule has 0 saturated heterocycles.